The number of fused-ring (bicyclic) bond motifs is 4. The standard InChI is InChI=1S/C34H27Cl2F3N4O6/c1-42-29(45)20-9-8-19-21(26(20)31(42)47)13-22-30(46)43(41-28-23(36)12-17(14-40-28)34(37,38)39)32(48)33(22,16-4-6-18(35)7-5-16)27(19)15-3-10-24(44)25(11-15)49-2/h3-8,10-12,14,20-22,26-27,44H,9,13H2,1-2H3,(H,40,41). The number of hydrazine groups is 1. The molecule has 1 saturated carbocycles. The molecule has 3 aromatic rings. The Kier molecular flexibility index (Phi) is 7.71. The molecule has 2 N–H and O–H groups in total. The molecule has 0 bridgehead atoms. The monoisotopic (exact) mass is 714 g/mol. The molecule has 6 unspecified atom stereocenters. The van der Waals surface area contributed by atoms with Gasteiger partial charge in [0.2, 0.25) is 11.8 Å². The number of phenolic OH excluding ortho intramolecular Hbond substituents is 1. The maximum atomic E-state index is 15.1. The quantitative estimate of drug-likeness (QED) is 0.253. The number of benzene rings is 2. The number of allylic oxidation sites excluding steroid dienone is 2. The lowest BCUT2D eigenvalue weighted by Crippen LogP contribution is -2.53. The highest BCUT2D eigenvalue weighted by Crippen LogP contribution is 2.64. The molecule has 2 aliphatic heterocycles. The number of imide groups is 2. The lowest BCUT2D eigenvalue weighted by molar-refractivity contribution is -0.140. The average molecular weight is 716 g/mol. The van der Waals surface area contributed by atoms with E-state index in [2.05, 4.69) is 10.4 Å². The van der Waals surface area contributed by atoms with Crippen LogP contribution in [0.15, 0.2) is 66.4 Å². The van der Waals surface area contributed by atoms with Crippen LogP contribution >= 0.6 is 23.2 Å². The van der Waals surface area contributed by atoms with E-state index in [-0.39, 0.29) is 42.0 Å². The smallest absolute Gasteiger partial charge is 0.417 e. The van der Waals surface area contributed by atoms with Crippen LogP contribution in [-0.4, -0.2) is 57.8 Å². The molecule has 10 nitrogen and oxygen atoms in total. The number of ether oxygens (including phenoxy) is 1. The highest BCUT2D eigenvalue weighted by Gasteiger charge is 2.70. The predicted octanol–water partition coefficient (Wildman–Crippen LogP) is 5.74. The number of carbonyl (C=O) groups excluding carboxylic acids is 4. The zero-order valence-electron chi connectivity index (χ0n) is 25.8. The van der Waals surface area contributed by atoms with Gasteiger partial charge in [0.1, 0.15) is 0 Å². The number of pyridine rings is 1. The van der Waals surface area contributed by atoms with Crippen molar-refractivity contribution in [3.63, 3.8) is 0 Å². The molecule has 2 aromatic carbocycles. The fraction of sp³-hybridized carbons (Fsp3) is 0.324. The zero-order valence-corrected chi connectivity index (χ0v) is 27.3. The van der Waals surface area contributed by atoms with Crippen LogP contribution in [0.1, 0.15) is 35.4 Å². The zero-order chi connectivity index (χ0) is 35.2. The Morgan fingerprint density at radius 3 is 2.37 bits per heavy atom. The van der Waals surface area contributed by atoms with Crippen LogP contribution in [0.3, 0.4) is 0 Å². The first kappa shape index (κ1) is 32.9. The molecule has 0 spiro atoms. The largest absolute Gasteiger partial charge is 0.504 e. The Balaban J connectivity index is 1.45. The number of hydrogen-bond acceptors (Lipinski definition) is 8. The molecule has 2 saturated heterocycles. The first-order valence-corrected chi connectivity index (χ1v) is 16.0. The number of halogens is 5. The van der Waals surface area contributed by atoms with Crippen molar-refractivity contribution in [3.05, 3.63) is 93.1 Å². The third-order valence-electron chi connectivity index (χ3n) is 10.3. The molecule has 0 radical (unpaired) electrons. The molecule has 3 fully saturated rings. The van der Waals surface area contributed by atoms with Crippen molar-refractivity contribution in [2.45, 2.75) is 30.4 Å². The average Bonchev–Trinajstić information content (AvgIpc) is 3.42. The molecular weight excluding hydrogens is 688 g/mol. The van der Waals surface area contributed by atoms with Gasteiger partial charge in [0.15, 0.2) is 17.3 Å². The van der Waals surface area contributed by atoms with E-state index in [1.54, 1.807) is 36.4 Å². The number of methoxy groups -OCH3 is 1. The number of aromatic nitrogens is 1. The van der Waals surface area contributed by atoms with Crippen LogP contribution in [0.5, 0.6) is 11.5 Å². The normalized spacial score (nSPS) is 27.9. The van der Waals surface area contributed by atoms with Gasteiger partial charge in [0, 0.05) is 24.2 Å². The number of likely N-dealkylation sites (tertiary alicyclic amines) is 1. The van der Waals surface area contributed by atoms with Crippen LogP contribution in [0.4, 0.5) is 19.0 Å². The van der Waals surface area contributed by atoms with E-state index in [9.17, 15) is 32.7 Å². The number of phenols is 1. The van der Waals surface area contributed by atoms with Gasteiger partial charge in [0.25, 0.3) is 11.8 Å². The molecule has 4 aliphatic rings. The van der Waals surface area contributed by atoms with Gasteiger partial charge >= 0.3 is 6.18 Å². The van der Waals surface area contributed by atoms with Crippen LogP contribution in [-0.2, 0) is 30.8 Å². The van der Waals surface area contributed by atoms with Gasteiger partial charge < -0.3 is 9.84 Å². The number of carbonyl (C=O) groups is 4. The number of nitrogens with zero attached hydrogens (tertiary/aromatic N) is 3. The second kappa shape index (κ2) is 11.5. The Morgan fingerprint density at radius 2 is 1.71 bits per heavy atom. The van der Waals surface area contributed by atoms with Gasteiger partial charge in [-0.3, -0.25) is 29.5 Å². The van der Waals surface area contributed by atoms with Crippen molar-refractivity contribution in [2.24, 2.45) is 23.7 Å². The highest BCUT2D eigenvalue weighted by atomic mass is 35.5. The molecule has 6 atom stereocenters. The van der Waals surface area contributed by atoms with Gasteiger partial charge in [-0.1, -0.05) is 53.1 Å². The van der Waals surface area contributed by atoms with E-state index in [0.29, 0.717) is 39.0 Å². The Morgan fingerprint density at radius 1 is 1.00 bits per heavy atom. The van der Waals surface area contributed by atoms with E-state index < -0.39 is 63.6 Å². The van der Waals surface area contributed by atoms with Gasteiger partial charge in [-0.2, -0.15) is 18.2 Å². The van der Waals surface area contributed by atoms with E-state index in [1.807, 2.05) is 6.08 Å². The minimum atomic E-state index is -4.74. The summed E-state index contributed by atoms with van der Waals surface area (Å²) in [5, 5.41) is 11.1. The van der Waals surface area contributed by atoms with Crippen molar-refractivity contribution in [1.82, 2.24) is 14.9 Å². The van der Waals surface area contributed by atoms with Gasteiger partial charge in [-0.25, -0.2) is 4.98 Å². The fourth-order valence-corrected chi connectivity index (χ4v) is 8.52. The topological polar surface area (TPSA) is 129 Å². The molecule has 7 rings (SSSR count). The number of hydrogen-bond donors (Lipinski definition) is 2. The summed E-state index contributed by atoms with van der Waals surface area (Å²) in [6.07, 6.45) is -2.14. The number of alkyl halides is 3. The molecule has 2 aliphatic carbocycles. The third-order valence-corrected chi connectivity index (χ3v) is 10.9. The lowest BCUT2D eigenvalue weighted by Gasteiger charge is -2.50. The van der Waals surface area contributed by atoms with Crippen molar-refractivity contribution in [2.75, 3.05) is 19.6 Å². The van der Waals surface area contributed by atoms with E-state index in [1.165, 1.54) is 20.2 Å². The van der Waals surface area contributed by atoms with Crippen molar-refractivity contribution < 1.29 is 42.2 Å². The second-order valence-corrected chi connectivity index (χ2v) is 13.4. The molecule has 3 heterocycles. The van der Waals surface area contributed by atoms with Crippen LogP contribution in [0, 0.1) is 23.7 Å². The Bertz CT molecular complexity index is 1970. The van der Waals surface area contributed by atoms with Crippen LogP contribution in [0.25, 0.3) is 0 Å². The summed E-state index contributed by atoms with van der Waals surface area (Å²) in [7, 11) is 2.78. The van der Waals surface area contributed by atoms with E-state index in [0.717, 1.165) is 4.90 Å². The molecule has 254 valence electrons. The maximum Gasteiger partial charge on any atom is 0.417 e. The number of aromatic hydroxyl groups is 1. The highest BCUT2D eigenvalue weighted by molar-refractivity contribution is 6.33. The second-order valence-electron chi connectivity index (χ2n) is 12.6. The molecule has 4 amide bonds. The molecular formula is C34H27Cl2F3N4O6. The van der Waals surface area contributed by atoms with Crippen LogP contribution < -0.4 is 10.2 Å². The maximum absolute atomic E-state index is 15.1. The number of amides is 4. The first-order chi connectivity index (χ1) is 23.2. The van der Waals surface area contributed by atoms with Crippen LogP contribution in [0.2, 0.25) is 10.0 Å². The number of nitrogens with one attached hydrogen (secondary N) is 1. The van der Waals surface area contributed by atoms with Gasteiger partial charge in [-0.15, -0.1) is 0 Å². The van der Waals surface area contributed by atoms with E-state index >= 15 is 4.79 Å². The minimum Gasteiger partial charge on any atom is -0.504 e. The predicted molar refractivity (Wildman–Crippen MR) is 169 cm³/mol. The third kappa shape index (κ3) is 4.80. The molecule has 1 aromatic heterocycles. The number of rotatable bonds is 5. The summed E-state index contributed by atoms with van der Waals surface area (Å²) >= 11 is 12.5. The van der Waals surface area contributed by atoms with Crippen molar-refractivity contribution in [3.8, 4) is 11.5 Å². The summed E-state index contributed by atoms with van der Waals surface area (Å²) in [6.45, 7) is 0. The van der Waals surface area contributed by atoms with Crippen molar-refractivity contribution in [1.29, 1.82) is 0 Å². The Hall–Kier alpha value is -4.62. The first-order valence-electron chi connectivity index (χ1n) is 15.2. The summed E-state index contributed by atoms with van der Waals surface area (Å²) < 4.78 is 45.5. The summed E-state index contributed by atoms with van der Waals surface area (Å²) in [6, 6.07) is 11.6. The summed E-state index contributed by atoms with van der Waals surface area (Å²) in [5.74, 6) is -6.84. The summed E-state index contributed by atoms with van der Waals surface area (Å²) in [4.78, 5) is 61.3. The van der Waals surface area contributed by atoms with Gasteiger partial charge in [-0.05, 0) is 60.2 Å². The Labute approximate surface area is 287 Å². The lowest BCUT2D eigenvalue weighted by atomic mass is 9.49. The summed E-state index contributed by atoms with van der Waals surface area (Å²) in [5.41, 5.74) is 1.29. The van der Waals surface area contributed by atoms with Crippen molar-refractivity contribution >= 4 is 52.6 Å². The molecule has 49 heavy (non-hydrogen) atoms. The van der Waals surface area contributed by atoms with Gasteiger partial charge in [0.05, 0.1) is 40.9 Å². The SMILES string of the molecule is COc1cc(C2C3=CCC4C(=O)N(C)C(=O)C4C3CC3C(=O)N(Nc4ncc(C(F)(F)F)cc4Cl)C(=O)C32c2ccc(Cl)cc2)ccc1O. The van der Waals surface area contributed by atoms with E-state index in [4.69, 9.17) is 27.9 Å². The fourth-order valence-electron chi connectivity index (χ4n) is 8.19. The minimum absolute atomic E-state index is 0.00880. The number of anilines is 1. The molecule has 15 heteroatoms.